The first-order valence-corrected chi connectivity index (χ1v) is 7.12. The van der Waals surface area contributed by atoms with Gasteiger partial charge in [0.25, 0.3) is 0 Å². The van der Waals surface area contributed by atoms with Gasteiger partial charge in [-0.15, -0.1) is 11.3 Å². The lowest BCUT2D eigenvalue weighted by Gasteiger charge is -2.27. The van der Waals surface area contributed by atoms with Gasteiger partial charge in [-0.1, -0.05) is 6.92 Å². The smallest absolute Gasteiger partial charge is 0.328 e. The molecule has 0 unspecified atom stereocenters. The predicted molar refractivity (Wildman–Crippen MR) is 78.2 cm³/mol. The van der Waals surface area contributed by atoms with E-state index in [1.165, 1.54) is 0 Å². The molecular formula is C14H21NO3S. The summed E-state index contributed by atoms with van der Waals surface area (Å²) in [5, 5.41) is 20.5. The third-order valence-electron chi connectivity index (χ3n) is 2.61. The zero-order valence-electron chi connectivity index (χ0n) is 11.6. The SMILES string of the molecule is CCN(Cc1sccc1C=CC(=O)O)CC(C)(C)O. The van der Waals surface area contributed by atoms with Crippen LogP contribution in [0.3, 0.4) is 0 Å². The zero-order valence-corrected chi connectivity index (χ0v) is 12.4. The van der Waals surface area contributed by atoms with Crippen LogP contribution in [0, 0.1) is 0 Å². The van der Waals surface area contributed by atoms with Crippen molar-refractivity contribution in [1.82, 2.24) is 4.90 Å². The van der Waals surface area contributed by atoms with E-state index in [0.29, 0.717) is 6.54 Å². The number of carboxylic acids is 1. The van der Waals surface area contributed by atoms with Crippen molar-refractivity contribution < 1.29 is 15.0 Å². The summed E-state index contributed by atoms with van der Waals surface area (Å²) in [6, 6.07) is 1.91. The highest BCUT2D eigenvalue weighted by Crippen LogP contribution is 2.21. The molecule has 0 aliphatic rings. The second-order valence-electron chi connectivity index (χ2n) is 5.09. The van der Waals surface area contributed by atoms with Gasteiger partial charge in [-0.3, -0.25) is 4.90 Å². The van der Waals surface area contributed by atoms with Gasteiger partial charge in [0.05, 0.1) is 5.60 Å². The molecule has 5 heteroatoms. The number of carbonyl (C=O) groups is 1. The Morgan fingerprint density at radius 2 is 2.21 bits per heavy atom. The summed E-state index contributed by atoms with van der Waals surface area (Å²) in [6.07, 6.45) is 2.77. The fourth-order valence-corrected chi connectivity index (χ4v) is 2.73. The lowest BCUT2D eigenvalue weighted by Crippen LogP contribution is -2.38. The number of rotatable bonds is 7. The molecule has 1 aromatic rings. The van der Waals surface area contributed by atoms with Crippen LogP contribution in [0.15, 0.2) is 17.5 Å². The van der Waals surface area contributed by atoms with E-state index in [1.807, 2.05) is 18.4 Å². The van der Waals surface area contributed by atoms with Gasteiger partial charge in [-0.25, -0.2) is 4.79 Å². The third-order valence-corrected chi connectivity index (χ3v) is 3.53. The Bertz CT molecular complexity index is 446. The average molecular weight is 283 g/mol. The zero-order chi connectivity index (χ0) is 14.5. The summed E-state index contributed by atoms with van der Waals surface area (Å²) in [5.41, 5.74) is 0.200. The van der Waals surface area contributed by atoms with Gasteiger partial charge >= 0.3 is 5.97 Å². The number of likely N-dealkylation sites (N-methyl/N-ethyl adjacent to an activating group) is 1. The van der Waals surface area contributed by atoms with Gasteiger partial charge < -0.3 is 10.2 Å². The minimum Gasteiger partial charge on any atom is -0.478 e. The Balaban J connectivity index is 2.75. The maximum absolute atomic E-state index is 10.5. The molecule has 0 fully saturated rings. The van der Waals surface area contributed by atoms with E-state index in [1.54, 1.807) is 31.3 Å². The summed E-state index contributed by atoms with van der Waals surface area (Å²) >= 11 is 1.60. The molecule has 0 amide bonds. The van der Waals surface area contributed by atoms with Crippen LogP contribution in [0.5, 0.6) is 0 Å². The number of nitrogens with zero attached hydrogens (tertiary/aromatic N) is 1. The summed E-state index contributed by atoms with van der Waals surface area (Å²) in [4.78, 5) is 13.8. The number of carboxylic acid groups (broad SMARTS) is 1. The van der Waals surface area contributed by atoms with Gasteiger partial charge in [0.15, 0.2) is 0 Å². The molecule has 0 saturated carbocycles. The van der Waals surface area contributed by atoms with Crippen molar-refractivity contribution in [3.8, 4) is 0 Å². The van der Waals surface area contributed by atoms with E-state index in [0.717, 1.165) is 29.6 Å². The van der Waals surface area contributed by atoms with Crippen LogP contribution in [0.4, 0.5) is 0 Å². The molecule has 0 saturated heterocycles. The first-order valence-electron chi connectivity index (χ1n) is 6.24. The van der Waals surface area contributed by atoms with E-state index in [4.69, 9.17) is 5.11 Å². The fraction of sp³-hybridized carbons (Fsp3) is 0.500. The van der Waals surface area contributed by atoms with Gasteiger partial charge in [-0.05, 0) is 43.5 Å². The van der Waals surface area contributed by atoms with Crippen molar-refractivity contribution in [2.45, 2.75) is 32.9 Å². The topological polar surface area (TPSA) is 60.8 Å². The molecule has 4 nitrogen and oxygen atoms in total. The quantitative estimate of drug-likeness (QED) is 0.755. The van der Waals surface area contributed by atoms with E-state index in [-0.39, 0.29) is 0 Å². The number of aliphatic carboxylic acids is 1. The van der Waals surface area contributed by atoms with Crippen molar-refractivity contribution in [2.75, 3.05) is 13.1 Å². The highest BCUT2D eigenvalue weighted by molar-refractivity contribution is 7.10. The van der Waals surface area contributed by atoms with Crippen LogP contribution in [0.2, 0.25) is 0 Å². The highest BCUT2D eigenvalue weighted by Gasteiger charge is 2.18. The Kier molecular flexibility index (Phi) is 5.72. The van der Waals surface area contributed by atoms with Gasteiger partial charge in [0.2, 0.25) is 0 Å². The number of hydrogen-bond acceptors (Lipinski definition) is 4. The number of aliphatic hydroxyl groups is 1. The Morgan fingerprint density at radius 3 is 2.74 bits per heavy atom. The Morgan fingerprint density at radius 1 is 1.53 bits per heavy atom. The molecule has 0 spiro atoms. The molecule has 1 rings (SSSR count). The minimum atomic E-state index is -0.944. The van der Waals surface area contributed by atoms with Crippen molar-refractivity contribution in [1.29, 1.82) is 0 Å². The van der Waals surface area contributed by atoms with E-state index >= 15 is 0 Å². The van der Waals surface area contributed by atoms with Crippen molar-refractivity contribution >= 4 is 23.4 Å². The van der Waals surface area contributed by atoms with Crippen LogP contribution >= 0.6 is 11.3 Å². The third kappa shape index (κ3) is 6.00. The molecule has 2 N–H and O–H groups in total. The largest absolute Gasteiger partial charge is 0.478 e. The summed E-state index contributed by atoms with van der Waals surface area (Å²) in [6.45, 7) is 7.77. The molecule has 0 aliphatic heterocycles. The van der Waals surface area contributed by atoms with Crippen molar-refractivity contribution in [3.05, 3.63) is 28.0 Å². The highest BCUT2D eigenvalue weighted by atomic mass is 32.1. The van der Waals surface area contributed by atoms with Crippen LogP contribution in [-0.2, 0) is 11.3 Å². The number of thiophene rings is 1. The van der Waals surface area contributed by atoms with E-state index in [2.05, 4.69) is 4.90 Å². The Labute approximate surface area is 118 Å². The van der Waals surface area contributed by atoms with Gasteiger partial charge in [0.1, 0.15) is 0 Å². The maximum atomic E-state index is 10.5. The van der Waals surface area contributed by atoms with Gasteiger partial charge in [-0.2, -0.15) is 0 Å². The van der Waals surface area contributed by atoms with Crippen molar-refractivity contribution in [3.63, 3.8) is 0 Å². The molecule has 0 aromatic carbocycles. The van der Waals surface area contributed by atoms with Crippen LogP contribution in [-0.4, -0.2) is 39.8 Å². The first kappa shape index (κ1) is 15.9. The van der Waals surface area contributed by atoms with Crippen LogP contribution < -0.4 is 0 Å². The number of hydrogen-bond donors (Lipinski definition) is 2. The molecule has 19 heavy (non-hydrogen) atoms. The molecule has 0 aliphatic carbocycles. The maximum Gasteiger partial charge on any atom is 0.328 e. The predicted octanol–water partition coefficient (Wildman–Crippen LogP) is 2.44. The summed E-state index contributed by atoms with van der Waals surface area (Å²) < 4.78 is 0. The molecule has 1 heterocycles. The van der Waals surface area contributed by atoms with Crippen LogP contribution in [0.1, 0.15) is 31.2 Å². The molecule has 0 atom stereocenters. The monoisotopic (exact) mass is 283 g/mol. The van der Waals surface area contributed by atoms with E-state index < -0.39 is 11.6 Å². The normalized spacial score (nSPS) is 12.5. The molecule has 106 valence electrons. The molecule has 0 radical (unpaired) electrons. The molecule has 0 bridgehead atoms. The summed E-state index contributed by atoms with van der Waals surface area (Å²) in [5.74, 6) is -0.944. The lowest BCUT2D eigenvalue weighted by molar-refractivity contribution is -0.131. The van der Waals surface area contributed by atoms with Crippen LogP contribution in [0.25, 0.3) is 6.08 Å². The average Bonchev–Trinajstić information content (AvgIpc) is 2.71. The van der Waals surface area contributed by atoms with E-state index in [9.17, 15) is 9.90 Å². The fourth-order valence-electron chi connectivity index (χ4n) is 1.82. The Hall–Kier alpha value is -1.17. The van der Waals surface area contributed by atoms with Gasteiger partial charge in [0, 0.05) is 24.0 Å². The minimum absolute atomic E-state index is 0.587. The summed E-state index contributed by atoms with van der Waals surface area (Å²) in [7, 11) is 0. The standard InChI is InChI=1S/C14H21NO3S/c1-4-15(10-14(2,3)18)9-12-11(7-8-19-12)5-6-13(16)17/h5-8,18H,4,9-10H2,1-3H3,(H,16,17). The lowest BCUT2D eigenvalue weighted by atomic mass is 10.1. The van der Waals surface area contributed by atoms with Crippen molar-refractivity contribution in [2.24, 2.45) is 0 Å². The molecule has 1 aromatic heterocycles. The first-order chi connectivity index (χ1) is 8.81. The second kappa shape index (κ2) is 6.84. The second-order valence-corrected chi connectivity index (χ2v) is 6.09. The molecular weight excluding hydrogens is 262 g/mol.